The maximum absolute atomic E-state index is 6.11. The van der Waals surface area contributed by atoms with Gasteiger partial charge in [-0.25, -0.2) is 0 Å². The standard InChI is InChI=1S/C11H26OSi/c1-7-8-9-10-11(2,3)12-13(4,5)6/h7-10H2,1-6H3. The van der Waals surface area contributed by atoms with Crippen molar-refractivity contribution in [3.05, 3.63) is 0 Å². The molecule has 0 aliphatic carbocycles. The molecule has 80 valence electrons. The van der Waals surface area contributed by atoms with Crippen LogP contribution in [0.3, 0.4) is 0 Å². The third kappa shape index (κ3) is 8.51. The molecule has 13 heavy (non-hydrogen) atoms. The van der Waals surface area contributed by atoms with Gasteiger partial charge < -0.3 is 4.43 Å². The zero-order valence-electron chi connectivity index (χ0n) is 10.2. The monoisotopic (exact) mass is 202 g/mol. The summed E-state index contributed by atoms with van der Waals surface area (Å²) in [6, 6.07) is 0. The SMILES string of the molecule is CCCCCC(C)(C)O[Si](C)(C)C. The number of rotatable bonds is 6. The van der Waals surface area contributed by atoms with Gasteiger partial charge in [0.1, 0.15) is 0 Å². The Balaban J connectivity index is 3.80. The Kier molecular flexibility index (Phi) is 5.23. The van der Waals surface area contributed by atoms with Crippen LogP contribution >= 0.6 is 0 Å². The molecule has 1 nitrogen and oxygen atoms in total. The van der Waals surface area contributed by atoms with Crippen molar-refractivity contribution >= 4 is 8.32 Å². The minimum atomic E-state index is -1.35. The molecule has 0 aromatic rings. The molecule has 0 amide bonds. The van der Waals surface area contributed by atoms with E-state index in [2.05, 4.69) is 40.4 Å². The van der Waals surface area contributed by atoms with Gasteiger partial charge in [0, 0.05) is 0 Å². The van der Waals surface area contributed by atoms with E-state index >= 15 is 0 Å². The lowest BCUT2D eigenvalue weighted by Crippen LogP contribution is -2.38. The van der Waals surface area contributed by atoms with Crippen molar-refractivity contribution in [3.8, 4) is 0 Å². The second-order valence-corrected chi connectivity index (χ2v) is 9.86. The Morgan fingerprint density at radius 1 is 1.08 bits per heavy atom. The molecule has 0 radical (unpaired) electrons. The lowest BCUT2D eigenvalue weighted by atomic mass is 10.0. The average molecular weight is 202 g/mol. The van der Waals surface area contributed by atoms with Crippen molar-refractivity contribution in [3.63, 3.8) is 0 Å². The molecular formula is C11H26OSi. The number of unbranched alkanes of at least 4 members (excludes halogenated alkanes) is 2. The number of hydrogen-bond acceptors (Lipinski definition) is 1. The Labute approximate surface area is 85.0 Å². The lowest BCUT2D eigenvalue weighted by Gasteiger charge is -2.33. The van der Waals surface area contributed by atoms with E-state index in [0.29, 0.717) is 0 Å². The smallest absolute Gasteiger partial charge is 0.184 e. The van der Waals surface area contributed by atoms with Gasteiger partial charge in [0.15, 0.2) is 8.32 Å². The summed E-state index contributed by atoms with van der Waals surface area (Å²) in [6.07, 6.45) is 5.13. The summed E-state index contributed by atoms with van der Waals surface area (Å²) in [5.74, 6) is 0. The molecule has 0 atom stereocenters. The van der Waals surface area contributed by atoms with E-state index in [9.17, 15) is 0 Å². The second-order valence-electron chi connectivity index (χ2n) is 5.43. The van der Waals surface area contributed by atoms with Crippen LogP contribution in [-0.4, -0.2) is 13.9 Å². The van der Waals surface area contributed by atoms with Crippen LogP contribution in [0.1, 0.15) is 46.5 Å². The molecule has 0 N–H and O–H groups in total. The largest absolute Gasteiger partial charge is 0.413 e. The van der Waals surface area contributed by atoms with Crippen LogP contribution in [0, 0.1) is 0 Å². The predicted molar refractivity (Wildman–Crippen MR) is 62.7 cm³/mol. The van der Waals surface area contributed by atoms with E-state index in [0.717, 1.165) is 0 Å². The summed E-state index contributed by atoms with van der Waals surface area (Å²) in [4.78, 5) is 0. The van der Waals surface area contributed by atoms with Gasteiger partial charge in [-0.1, -0.05) is 26.2 Å². The third-order valence-corrected chi connectivity index (χ3v) is 3.13. The fraction of sp³-hybridized carbons (Fsp3) is 1.00. The zero-order chi connectivity index (χ0) is 10.5. The van der Waals surface area contributed by atoms with Crippen molar-refractivity contribution < 1.29 is 4.43 Å². The maximum atomic E-state index is 6.11. The highest BCUT2D eigenvalue weighted by molar-refractivity contribution is 6.69. The van der Waals surface area contributed by atoms with Crippen LogP contribution in [0.2, 0.25) is 19.6 Å². The van der Waals surface area contributed by atoms with Gasteiger partial charge in [-0.2, -0.15) is 0 Å². The summed E-state index contributed by atoms with van der Waals surface area (Å²) in [5, 5.41) is 0. The van der Waals surface area contributed by atoms with E-state index in [1.54, 1.807) is 0 Å². The van der Waals surface area contributed by atoms with Gasteiger partial charge in [0.05, 0.1) is 5.60 Å². The van der Waals surface area contributed by atoms with Gasteiger partial charge in [-0.05, 0) is 39.9 Å². The molecule has 0 rings (SSSR count). The van der Waals surface area contributed by atoms with Gasteiger partial charge in [0.25, 0.3) is 0 Å². The highest BCUT2D eigenvalue weighted by atomic mass is 28.4. The predicted octanol–water partition coefficient (Wildman–Crippen LogP) is 4.20. The van der Waals surface area contributed by atoms with Crippen LogP contribution in [0.4, 0.5) is 0 Å². The fourth-order valence-electron chi connectivity index (χ4n) is 1.68. The van der Waals surface area contributed by atoms with E-state index in [-0.39, 0.29) is 5.60 Å². The Hall–Kier alpha value is 0.177. The maximum Gasteiger partial charge on any atom is 0.184 e. The summed E-state index contributed by atoms with van der Waals surface area (Å²) in [5.41, 5.74) is 0.0969. The molecular weight excluding hydrogens is 176 g/mol. The molecule has 0 aliphatic rings. The molecule has 0 fully saturated rings. The Morgan fingerprint density at radius 2 is 1.62 bits per heavy atom. The van der Waals surface area contributed by atoms with Crippen LogP contribution in [-0.2, 0) is 4.43 Å². The minimum Gasteiger partial charge on any atom is -0.413 e. The van der Waals surface area contributed by atoms with Crippen molar-refractivity contribution in [1.29, 1.82) is 0 Å². The van der Waals surface area contributed by atoms with E-state index in [1.807, 2.05) is 0 Å². The van der Waals surface area contributed by atoms with Crippen molar-refractivity contribution in [1.82, 2.24) is 0 Å². The van der Waals surface area contributed by atoms with Gasteiger partial charge in [0.2, 0.25) is 0 Å². The molecule has 0 aromatic heterocycles. The molecule has 2 heteroatoms. The lowest BCUT2D eigenvalue weighted by molar-refractivity contribution is 0.0882. The quantitative estimate of drug-likeness (QED) is 0.463. The topological polar surface area (TPSA) is 9.23 Å². The van der Waals surface area contributed by atoms with E-state index in [1.165, 1.54) is 25.7 Å². The summed E-state index contributed by atoms with van der Waals surface area (Å²) >= 11 is 0. The van der Waals surface area contributed by atoms with Crippen LogP contribution < -0.4 is 0 Å². The highest BCUT2D eigenvalue weighted by Crippen LogP contribution is 2.23. The first kappa shape index (κ1) is 13.2. The minimum absolute atomic E-state index is 0.0969. The second kappa shape index (κ2) is 5.16. The molecule has 0 saturated heterocycles. The molecule has 0 saturated carbocycles. The normalized spacial score (nSPS) is 13.4. The molecule has 0 bridgehead atoms. The van der Waals surface area contributed by atoms with Gasteiger partial charge >= 0.3 is 0 Å². The molecule has 0 aromatic carbocycles. The average Bonchev–Trinajstić information content (AvgIpc) is 1.81. The molecule has 0 aliphatic heterocycles. The van der Waals surface area contributed by atoms with E-state index in [4.69, 9.17) is 4.43 Å². The van der Waals surface area contributed by atoms with Gasteiger partial charge in [-0.15, -0.1) is 0 Å². The highest BCUT2D eigenvalue weighted by Gasteiger charge is 2.26. The summed E-state index contributed by atoms with van der Waals surface area (Å²) in [7, 11) is -1.35. The van der Waals surface area contributed by atoms with Crippen LogP contribution in [0.5, 0.6) is 0 Å². The third-order valence-electron chi connectivity index (χ3n) is 1.96. The fourth-order valence-corrected chi connectivity index (χ4v) is 3.44. The summed E-state index contributed by atoms with van der Waals surface area (Å²) < 4.78 is 6.11. The Morgan fingerprint density at radius 3 is 2.00 bits per heavy atom. The number of hydrogen-bond donors (Lipinski definition) is 0. The first-order valence-corrected chi connectivity index (χ1v) is 8.88. The van der Waals surface area contributed by atoms with Crippen LogP contribution in [0.15, 0.2) is 0 Å². The zero-order valence-corrected chi connectivity index (χ0v) is 11.2. The first-order chi connectivity index (χ1) is 5.77. The molecule has 0 heterocycles. The van der Waals surface area contributed by atoms with E-state index < -0.39 is 8.32 Å². The van der Waals surface area contributed by atoms with Crippen molar-refractivity contribution in [2.75, 3.05) is 0 Å². The van der Waals surface area contributed by atoms with Crippen LogP contribution in [0.25, 0.3) is 0 Å². The summed E-state index contributed by atoms with van der Waals surface area (Å²) in [6.45, 7) is 13.5. The van der Waals surface area contributed by atoms with Crippen molar-refractivity contribution in [2.45, 2.75) is 71.7 Å². The van der Waals surface area contributed by atoms with Gasteiger partial charge in [-0.3, -0.25) is 0 Å². The first-order valence-electron chi connectivity index (χ1n) is 5.47. The molecule has 0 spiro atoms. The Bertz CT molecular complexity index is 136. The van der Waals surface area contributed by atoms with Crippen molar-refractivity contribution in [2.24, 2.45) is 0 Å². The molecule has 0 unspecified atom stereocenters.